The van der Waals surface area contributed by atoms with Gasteiger partial charge in [-0.05, 0) is 12.1 Å². The fourth-order valence-corrected chi connectivity index (χ4v) is 1.54. The molecule has 1 aliphatic rings. The molecule has 0 aliphatic carbocycles. The second kappa shape index (κ2) is 4.94. The van der Waals surface area contributed by atoms with Crippen LogP contribution in [0, 0.1) is 0 Å². The van der Waals surface area contributed by atoms with Crippen molar-refractivity contribution in [1.29, 1.82) is 0 Å². The lowest BCUT2D eigenvalue weighted by atomic mass is 10.1. The van der Waals surface area contributed by atoms with Crippen LogP contribution in [0.15, 0.2) is 24.3 Å². The minimum absolute atomic E-state index is 0.0536. The molecule has 2 rings (SSSR count). The van der Waals surface area contributed by atoms with E-state index in [9.17, 15) is 14.4 Å². The van der Waals surface area contributed by atoms with Gasteiger partial charge in [0.1, 0.15) is 0 Å². The van der Waals surface area contributed by atoms with E-state index in [1.165, 1.54) is 12.1 Å². The Morgan fingerprint density at radius 3 is 2.22 bits per heavy atom. The monoisotopic (exact) mass is 250 g/mol. The van der Waals surface area contributed by atoms with Crippen LogP contribution < -0.4 is 5.90 Å². The van der Waals surface area contributed by atoms with Crippen LogP contribution >= 0.6 is 0 Å². The number of carbonyl (C=O) groups excluding carboxylic acids is 3. The van der Waals surface area contributed by atoms with Crippen LogP contribution in [0.4, 0.5) is 0 Å². The highest BCUT2D eigenvalue weighted by molar-refractivity contribution is 6.20. The summed E-state index contributed by atoms with van der Waals surface area (Å²) in [6.07, 6.45) is -0.149. The third-order valence-corrected chi connectivity index (χ3v) is 2.37. The molecule has 0 fully saturated rings. The van der Waals surface area contributed by atoms with E-state index in [1.807, 2.05) is 0 Å². The lowest BCUT2D eigenvalue weighted by Crippen LogP contribution is -2.33. The molecule has 2 N–H and O–H groups in total. The molecule has 18 heavy (non-hydrogen) atoms. The molecule has 0 atom stereocenters. The number of amides is 2. The zero-order valence-electron chi connectivity index (χ0n) is 9.29. The first kappa shape index (κ1) is 12.2. The maximum atomic E-state index is 11.8. The Balaban J connectivity index is 2.11. The van der Waals surface area contributed by atoms with Gasteiger partial charge < -0.3 is 9.68 Å². The van der Waals surface area contributed by atoms with Crippen LogP contribution in [0.1, 0.15) is 27.1 Å². The fraction of sp³-hybridized carbons (Fsp3) is 0.182. The average Bonchev–Trinajstić information content (AvgIpc) is 2.62. The van der Waals surface area contributed by atoms with Gasteiger partial charge in [0.15, 0.2) is 0 Å². The third-order valence-electron chi connectivity index (χ3n) is 2.37. The predicted molar refractivity (Wildman–Crippen MR) is 57.8 cm³/mol. The topological polar surface area (TPSA) is 98.9 Å². The first-order chi connectivity index (χ1) is 8.65. The summed E-state index contributed by atoms with van der Waals surface area (Å²) in [6.45, 7) is -0.0536. The van der Waals surface area contributed by atoms with Crippen molar-refractivity contribution >= 4 is 17.8 Å². The van der Waals surface area contributed by atoms with Crippen molar-refractivity contribution in [2.45, 2.75) is 6.42 Å². The molecule has 0 bridgehead atoms. The van der Waals surface area contributed by atoms with E-state index in [0.29, 0.717) is 5.06 Å². The molecule has 1 heterocycles. The summed E-state index contributed by atoms with van der Waals surface area (Å²) in [6, 6.07) is 6.23. The van der Waals surface area contributed by atoms with E-state index < -0.39 is 17.8 Å². The van der Waals surface area contributed by atoms with Gasteiger partial charge in [-0.15, -0.1) is 0 Å². The summed E-state index contributed by atoms with van der Waals surface area (Å²) in [5, 5.41) is 0.448. The lowest BCUT2D eigenvalue weighted by molar-refractivity contribution is -0.169. The number of hydroxylamine groups is 2. The highest BCUT2D eigenvalue weighted by Gasteiger charge is 2.38. The SMILES string of the molecule is NOCCC(=O)ON1C(=O)c2ccccc2C1=O. The van der Waals surface area contributed by atoms with E-state index >= 15 is 0 Å². The van der Waals surface area contributed by atoms with Crippen molar-refractivity contribution in [3.63, 3.8) is 0 Å². The average molecular weight is 250 g/mol. The molecule has 94 valence electrons. The van der Waals surface area contributed by atoms with E-state index in [0.717, 1.165) is 0 Å². The number of benzene rings is 1. The van der Waals surface area contributed by atoms with Gasteiger partial charge in [0.25, 0.3) is 11.8 Å². The number of fused-ring (bicyclic) bond motifs is 1. The number of hydrogen-bond acceptors (Lipinski definition) is 6. The van der Waals surface area contributed by atoms with Crippen molar-refractivity contribution in [2.24, 2.45) is 5.90 Å². The summed E-state index contributed by atoms with van der Waals surface area (Å²) in [7, 11) is 0. The molecular weight excluding hydrogens is 240 g/mol. The molecule has 0 saturated carbocycles. The molecule has 0 unspecified atom stereocenters. The fourth-order valence-electron chi connectivity index (χ4n) is 1.54. The number of nitrogens with zero attached hydrogens (tertiary/aromatic N) is 1. The van der Waals surface area contributed by atoms with Gasteiger partial charge in [-0.25, -0.2) is 10.7 Å². The van der Waals surface area contributed by atoms with Crippen LogP contribution in [-0.2, 0) is 14.5 Å². The van der Waals surface area contributed by atoms with Crippen LogP contribution in [0.2, 0.25) is 0 Å². The molecule has 0 saturated heterocycles. The first-order valence-corrected chi connectivity index (χ1v) is 5.15. The molecule has 1 aromatic rings. The van der Waals surface area contributed by atoms with Crippen LogP contribution in [0.5, 0.6) is 0 Å². The molecule has 0 radical (unpaired) electrons. The summed E-state index contributed by atoms with van der Waals surface area (Å²) in [4.78, 5) is 43.8. The molecule has 7 nitrogen and oxygen atoms in total. The maximum absolute atomic E-state index is 11.8. The highest BCUT2D eigenvalue weighted by Crippen LogP contribution is 2.22. The van der Waals surface area contributed by atoms with E-state index in [-0.39, 0.29) is 24.2 Å². The van der Waals surface area contributed by atoms with Crippen molar-refractivity contribution in [1.82, 2.24) is 5.06 Å². The Hall–Kier alpha value is -2.25. The maximum Gasteiger partial charge on any atom is 0.335 e. The number of carbonyl (C=O) groups is 3. The van der Waals surface area contributed by atoms with Gasteiger partial charge in [-0.2, -0.15) is 0 Å². The minimum Gasteiger partial charge on any atom is -0.330 e. The third kappa shape index (κ3) is 2.08. The molecule has 1 aromatic carbocycles. The number of rotatable bonds is 4. The van der Waals surface area contributed by atoms with Gasteiger partial charge in [-0.1, -0.05) is 17.2 Å². The number of imide groups is 1. The Kier molecular flexibility index (Phi) is 3.35. The van der Waals surface area contributed by atoms with Crippen LogP contribution in [0.3, 0.4) is 0 Å². The molecule has 0 aromatic heterocycles. The van der Waals surface area contributed by atoms with Crippen LogP contribution in [-0.4, -0.2) is 29.5 Å². The Morgan fingerprint density at radius 1 is 1.17 bits per heavy atom. The second-order valence-electron chi connectivity index (χ2n) is 3.53. The van der Waals surface area contributed by atoms with Crippen molar-refractivity contribution < 1.29 is 24.1 Å². The van der Waals surface area contributed by atoms with Crippen molar-refractivity contribution in [3.8, 4) is 0 Å². The Morgan fingerprint density at radius 2 is 1.72 bits per heavy atom. The Labute approximate surface area is 102 Å². The summed E-state index contributed by atoms with van der Waals surface area (Å²) in [5.41, 5.74) is 0.427. The van der Waals surface area contributed by atoms with Crippen molar-refractivity contribution in [2.75, 3.05) is 6.61 Å². The zero-order valence-corrected chi connectivity index (χ0v) is 9.29. The first-order valence-electron chi connectivity index (χ1n) is 5.15. The zero-order chi connectivity index (χ0) is 13.1. The summed E-state index contributed by atoms with van der Waals surface area (Å²) < 4.78 is 0. The number of nitrogens with two attached hydrogens (primary N) is 1. The van der Waals surface area contributed by atoms with Gasteiger partial charge in [0, 0.05) is 0 Å². The largest absolute Gasteiger partial charge is 0.335 e. The normalized spacial score (nSPS) is 13.7. The van der Waals surface area contributed by atoms with Gasteiger partial charge in [-0.3, -0.25) is 9.59 Å². The second-order valence-corrected chi connectivity index (χ2v) is 3.53. The van der Waals surface area contributed by atoms with Crippen LogP contribution in [0.25, 0.3) is 0 Å². The Bertz CT molecular complexity index is 479. The summed E-state index contributed by atoms with van der Waals surface area (Å²) in [5.74, 6) is 2.67. The lowest BCUT2D eigenvalue weighted by Gasteiger charge is -2.12. The predicted octanol–water partition coefficient (Wildman–Crippen LogP) is 0.0212. The molecule has 0 spiro atoms. The molecule has 2 amide bonds. The minimum atomic E-state index is -0.769. The van der Waals surface area contributed by atoms with E-state index in [2.05, 4.69) is 9.68 Å². The summed E-state index contributed by atoms with van der Waals surface area (Å²) >= 11 is 0. The molecular formula is C11H10N2O5. The smallest absolute Gasteiger partial charge is 0.330 e. The van der Waals surface area contributed by atoms with Crippen molar-refractivity contribution in [3.05, 3.63) is 35.4 Å². The standard InChI is InChI=1S/C11H10N2O5/c12-17-6-5-9(14)18-13-10(15)7-3-1-2-4-8(7)11(13)16/h1-4H,5-6,12H2. The molecule has 1 aliphatic heterocycles. The molecule has 7 heteroatoms. The van der Waals surface area contributed by atoms with E-state index in [4.69, 9.17) is 5.90 Å². The van der Waals surface area contributed by atoms with Gasteiger partial charge in [0.05, 0.1) is 24.2 Å². The highest BCUT2D eigenvalue weighted by atomic mass is 16.7. The number of hydrogen-bond donors (Lipinski definition) is 1. The van der Waals surface area contributed by atoms with E-state index in [1.54, 1.807) is 12.1 Å². The van der Waals surface area contributed by atoms with Gasteiger partial charge >= 0.3 is 5.97 Å². The quantitative estimate of drug-likeness (QED) is 0.597. The van der Waals surface area contributed by atoms with Gasteiger partial charge in [0.2, 0.25) is 0 Å².